The number of aliphatic imine (C=N–C) groups is 1. The van der Waals surface area contributed by atoms with Gasteiger partial charge in [0.25, 0.3) is 0 Å². The van der Waals surface area contributed by atoms with E-state index in [1.165, 1.54) is 6.92 Å². The van der Waals surface area contributed by atoms with Crippen molar-refractivity contribution in [2.75, 3.05) is 19.7 Å². The average Bonchev–Trinajstić information content (AvgIpc) is 3.19. The van der Waals surface area contributed by atoms with Crippen LogP contribution < -0.4 is 5.32 Å². The Morgan fingerprint density at radius 1 is 1.08 bits per heavy atom. The number of piperidine rings is 1. The molecule has 200 valence electrons. The maximum atomic E-state index is 13.3. The molecule has 0 saturated carbocycles. The summed E-state index contributed by atoms with van der Waals surface area (Å²) in [4.78, 5) is 18.1. The summed E-state index contributed by atoms with van der Waals surface area (Å²) in [5.41, 5.74) is -2.84. The van der Waals surface area contributed by atoms with E-state index in [2.05, 4.69) is 10.3 Å². The minimum Gasteiger partial charge on any atom is -0.372 e. The average molecular weight is 528 g/mol. The van der Waals surface area contributed by atoms with E-state index >= 15 is 0 Å². The van der Waals surface area contributed by atoms with Gasteiger partial charge in [-0.2, -0.15) is 26.3 Å². The molecule has 2 heterocycles. The fourth-order valence-corrected chi connectivity index (χ4v) is 4.91. The zero-order valence-corrected chi connectivity index (χ0v) is 20.3. The number of nitrogens with zero attached hydrogens (tertiary/aromatic N) is 2. The van der Waals surface area contributed by atoms with Crippen LogP contribution in [0, 0.1) is 0 Å². The Morgan fingerprint density at radius 3 is 2.19 bits per heavy atom. The number of carbonyl (C=O) groups excluding carboxylic acids is 1. The van der Waals surface area contributed by atoms with Crippen molar-refractivity contribution in [3.63, 3.8) is 0 Å². The van der Waals surface area contributed by atoms with Crippen molar-refractivity contribution < 1.29 is 35.9 Å². The van der Waals surface area contributed by atoms with Crippen molar-refractivity contribution >= 4 is 11.7 Å². The Morgan fingerprint density at radius 2 is 1.70 bits per heavy atom. The lowest BCUT2D eigenvalue weighted by atomic mass is 9.81. The first kappa shape index (κ1) is 27.1. The summed E-state index contributed by atoms with van der Waals surface area (Å²) in [6.07, 6.45) is -9.77. The van der Waals surface area contributed by atoms with Crippen molar-refractivity contribution in [2.24, 2.45) is 4.99 Å². The molecule has 5 nitrogen and oxygen atoms in total. The van der Waals surface area contributed by atoms with E-state index in [1.54, 1.807) is 11.8 Å². The number of amides is 1. The van der Waals surface area contributed by atoms with Gasteiger partial charge >= 0.3 is 12.4 Å². The van der Waals surface area contributed by atoms with Gasteiger partial charge in [-0.1, -0.05) is 30.3 Å². The molecule has 0 aromatic heterocycles. The monoisotopic (exact) mass is 527 g/mol. The largest absolute Gasteiger partial charge is 0.416 e. The number of nitrogens with one attached hydrogen (secondary N) is 1. The molecule has 4 rings (SSSR count). The van der Waals surface area contributed by atoms with Crippen molar-refractivity contribution in [2.45, 2.75) is 56.7 Å². The van der Waals surface area contributed by atoms with E-state index in [0.29, 0.717) is 37.4 Å². The number of rotatable bonds is 6. The van der Waals surface area contributed by atoms with E-state index in [9.17, 15) is 31.1 Å². The molecule has 0 aliphatic carbocycles. The van der Waals surface area contributed by atoms with Crippen LogP contribution in [-0.2, 0) is 27.4 Å². The standard InChI is InChI=1S/C26H27F6N3O2/c1-16(18-10-20(25(27,28)29)12-21(11-18)26(30,31)32)37-15-24(19-6-4-3-5-7-19)9-8-22(13-34-24)35-17(2)33-14-23(35)36/h3-7,10-12,16,22,34H,8-9,13-15H2,1-2H3/t16-,22+,24-/m1/s1. The van der Waals surface area contributed by atoms with Crippen LogP contribution >= 0.6 is 0 Å². The van der Waals surface area contributed by atoms with Crippen molar-refractivity contribution in [3.8, 4) is 0 Å². The van der Waals surface area contributed by atoms with E-state index in [1.807, 2.05) is 30.3 Å². The highest BCUT2D eigenvalue weighted by atomic mass is 19.4. The predicted molar refractivity (Wildman–Crippen MR) is 125 cm³/mol. The van der Waals surface area contributed by atoms with Gasteiger partial charge in [0.05, 0.1) is 35.4 Å². The van der Waals surface area contributed by atoms with Gasteiger partial charge in [-0.05, 0) is 56.0 Å². The molecule has 1 fully saturated rings. The summed E-state index contributed by atoms with van der Waals surface area (Å²) in [5.74, 6) is 0.574. The topological polar surface area (TPSA) is 53.9 Å². The third-order valence-corrected chi connectivity index (χ3v) is 6.99. The van der Waals surface area contributed by atoms with Crippen LogP contribution in [0.25, 0.3) is 0 Å². The fraction of sp³-hybridized carbons (Fsp3) is 0.462. The molecule has 1 amide bonds. The molecule has 3 atom stereocenters. The molecule has 2 aliphatic rings. The molecule has 1 N–H and O–H groups in total. The van der Waals surface area contributed by atoms with Crippen molar-refractivity contribution in [1.29, 1.82) is 0 Å². The van der Waals surface area contributed by atoms with Crippen LogP contribution in [-0.4, -0.2) is 42.4 Å². The zero-order chi connectivity index (χ0) is 27.0. The second-order valence-electron chi connectivity index (χ2n) is 9.44. The van der Waals surface area contributed by atoms with Gasteiger partial charge in [-0.25, -0.2) is 0 Å². The lowest BCUT2D eigenvalue weighted by Crippen LogP contribution is -2.58. The number of ether oxygens (including phenoxy) is 1. The molecule has 11 heteroatoms. The Balaban J connectivity index is 1.56. The molecule has 37 heavy (non-hydrogen) atoms. The molecule has 2 aromatic carbocycles. The highest BCUT2D eigenvalue weighted by Crippen LogP contribution is 2.39. The lowest BCUT2D eigenvalue weighted by Gasteiger charge is -2.44. The number of hydrogen-bond acceptors (Lipinski definition) is 4. The Kier molecular flexibility index (Phi) is 7.40. The molecule has 2 aromatic rings. The summed E-state index contributed by atoms with van der Waals surface area (Å²) in [5, 5.41) is 3.46. The minimum absolute atomic E-state index is 0.00349. The Bertz CT molecular complexity index is 1120. The first-order valence-corrected chi connectivity index (χ1v) is 11.8. The number of hydrogen-bond donors (Lipinski definition) is 1. The van der Waals surface area contributed by atoms with Gasteiger partial charge in [-0.15, -0.1) is 0 Å². The normalized spacial score (nSPS) is 23.8. The van der Waals surface area contributed by atoms with Gasteiger partial charge in [0.1, 0.15) is 12.4 Å². The molecule has 0 spiro atoms. The highest BCUT2D eigenvalue weighted by Gasteiger charge is 2.42. The maximum absolute atomic E-state index is 13.3. The van der Waals surface area contributed by atoms with E-state index in [4.69, 9.17) is 4.74 Å². The highest BCUT2D eigenvalue weighted by molar-refractivity contribution is 6.03. The first-order chi connectivity index (χ1) is 17.3. The quantitative estimate of drug-likeness (QED) is 0.490. The molecule has 0 radical (unpaired) electrons. The summed E-state index contributed by atoms with van der Waals surface area (Å²) in [6, 6.07) is 10.7. The van der Waals surface area contributed by atoms with Crippen LogP contribution in [0.2, 0.25) is 0 Å². The van der Waals surface area contributed by atoms with Gasteiger partial charge in [0.15, 0.2) is 0 Å². The molecular weight excluding hydrogens is 500 g/mol. The van der Waals surface area contributed by atoms with Gasteiger partial charge < -0.3 is 10.1 Å². The molecule has 1 saturated heterocycles. The van der Waals surface area contributed by atoms with E-state index < -0.39 is 35.1 Å². The van der Waals surface area contributed by atoms with Crippen molar-refractivity contribution in [3.05, 3.63) is 70.8 Å². The predicted octanol–water partition coefficient (Wildman–Crippen LogP) is 5.71. The van der Waals surface area contributed by atoms with Crippen LogP contribution in [0.3, 0.4) is 0 Å². The van der Waals surface area contributed by atoms with Crippen LogP contribution in [0.1, 0.15) is 55.0 Å². The summed E-state index contributed by atoms with van der Waals surface area (Å²) in [6.45, 7) is 3.75. The zero-order valence-electron chi connectivity index (χ0n) is 20.3. The smallest absolute Gasteiger partial charge is 0.372 e. The van der Waals surface area contributed by atoms with Crippen molar-refractivity contribution in [1.82, 2.24) is 10.2 Å². The molecular formula is C26H27F6N3O2. The van der Waals surface area contributed by atoms with Gasteiger partial charge in [0.2, 0.25) is 5.91 Å². The fourth-order valence-electron chi connectivity index (χ4n) is 4.91. The molecule has 0 bridgehead atoms. The summed E-state index contributed by atoms with van der Waals surface area (Å²) < 4.78 is 85.9. The first-order valence-electron chi connectivity index (χ1n) is 11.8. The second kappa shape index (κ2) is 10.1. The number of benzene rings is 2. The maximum Gasteiger partial charge on any atom is 0.416 e. The summed E-state index contributed by atoms with van der Waals surface area (Å²) >= 11 is 0. The van der Waals surface area contributed by atoms with Gasteiger partial charge in [0, 0.05) is 6.54 Å². The van der Waals surface area contributed by atoms with Gasteiger partial charge in [-0.3, -0.25) is 14.7 Å². The Labute approximate surface area is 210 Å². The lowest BCUT2D eigenvalue weighted by molar-refractivity contribution is -0.143. The second-order valence-corrected chi connectivity index (χ2v) is 9.44. The summed E-state index contributed by atoms with van der Waals surface area (Å²) in [7, 11) is 0. The number of alkyl halides is 6. The third kappa shape index (κ3) is 5.82. The minimum atomic E-state index is -4.94. The Hall–Kier alpha value is -2.92. The van der Waals surface area contributed by atoms with E-state index in [-0.39, 0.29) is 36.7 Å². The SMILES string of the molecule is CC1=NCC(=O)N1[C@H]1CC[C@@](CO[C@H](C)c2cc(C(F)(F)F)cc(C(F)(F)F)c2)(c2ccccc2)NC1. The van der Waals surface area contributed by atoms with Crippen LogP contribution in [0.4, 0.5) is 26.3 Å². The molecule has 2 aliphatic heterocycles. The van der Waals surface area contributed by atoms with E-state index in [0.717, 1.165) is 5.56 Å². The number of halogens is 6. The molecule has 0 unspecified atom stereocenters. The number of carbonyl (C=O) groups is 1. The number of amidine groups is 1. The van der Waals surface area contributed by atoms with Crippen LogP contribution in [0.5, 0.6) is 0 Å². The van der Waals surface area contributed by atoms with Crippen LogP contribution in [0.15, 0.2) is 53.5 Å². The third-order valence-electron chi connectivity index (χ3n) is 6.99.